The molecule has 5 nitrogen and oxygen atoms in total. The van der Waals surface area contributed by atoms with Gasteiger partial charge in [0.1, 0.15) is 11.3 Å². The van der Waals surface area contributed by atoms with Crippen molar-refractivity contribution in [1.82, 2.24) is 10.2 Å². The minimum Gasteiger partial charge on any atom is -0.399 e. The Hall–Kier alpha value is -1.67. The van der Waals surface area contributed by atoms with Crippen LogP contribution in [-0.2, 0) is 4.79 Å². The maximum Gasteiger partial charge on any atom is 0.225 e. The van der Waals surface area contributed by atoms with Crippen LogP contribution in [0.25, 0.3) is 0 Å². The number of carbonyl (C=O) groups is 1. The van der Waals surface area contributed by atoms with Gasteiger partial charge >= 0.3 is 0 Å². The number of nitrogens with one attached hydrogen (secondary N) is 1. The maximum atomic E-state index is 13.4. The van der Waals surface area contributed by atoms with Crippen LogP contribution in [0, 0.1) is 5.82 Å². The summed E-state index contributed by atoms with van der Waals surface area (Å²) >= 11 is 2.85. The first-order chi connectivity index (χ1) is 9.15. The van der Waals surface area contributed by atoms with Crippen molar-refractivity contribution < 1.29 is 9.18 Å². The predicted octanol–water partition coefficient (Wildman–Crippen LogP) is 2.38. The number of thioether (sulfide) groups is 1. The number of amides is 1. The SMILES string of the molecule is Nc1ccc(F)c(NC(=O)CCSc2nncs2)c1. The Kier molecular flexibility index (Phi) is 4.69. The second-order valence-electron chi connectivity index (χ2n) is 3.59. The molecule has 1 heterocycles. The third-order valence-electron chi connectivity index (χ3n) is 2.16. The summed E-state index contributed by atoms with van der Waals surface area (Å²) in [6.07, 6.45) is 0.262. The van der Waals surface area contributed by atoms with Crippen LogP contribution in [0.1, 0.15) is 6.42 Å². The average Bonchev–Trinajstić information content (AvgIpc) is 2.87. The first-order valence-corrected chi connectivity index (χ1v) is 7.25. The van der Waals surface area contributed by atoms with Gasteiger partial charge in [0, 0.05) is 17.9 Å². The number of nitrogen functional groups attached to an aromatic ring is 1. The summed E-state index contributed by atoms with van der Waals surface area (Å²) in [7, 11) is 0. The van der Waals surface area contributed by atoms with Crippen LogP contribution in [0.2, 0.25) is 0 Å². The van der Waals surface area contributed by atoms with E-state index in [2.05, 4.69) is 15.5 Å². The van der Waals surface area contributed by atoms with Gasteiger partial charge in [0.25, 0.3) is 0 Å². The summed E-state index contributed by atoms with van der Waals surface area (Å²) < 4.78 is 14.2. The van der Waals surface area contributed by atoms with Crippen molar-refractivity contribution in [2.24, 2.45) is 0 Å². The molecule has 0 aliphatic heterocycles. The van der Waals surface area contributed by atoms with Crippen molar-refractivity contribution in [3.05, 3.63) is 29.5 Å². The Balaban J connectivity index is 1.82. The van der Waals surface area contributed by atoms with Crippen LogP contribution < -0.4 is 11.1 Å². The van der Waals surface area contributed by atoms with Crippen LogP contribution in [0.15, 0.2) is 28.0 Å². The Morgan fingerprint density at radius 3 is 3.11 bits per heavy atom. The fourth-order valence-electron chi connectivity index (χ4n) is 1.31. The molecule has 8 heteroatoms. The number of nitrogens with zero attached hydrogens (tertiary/aromatic N) is 2. The molecule has 0 saturated heterocycles. The van der Waals surface area contributed by atoms with Crippen molar-refractivity contribution in [3.63, 3.8) is 0 Å². The second-order valence-corrected chi connectivity index (χ2v) is 5.77. The van der Waals surface area contributed by atoms with E-state index < -0.39 is 5.82 Å². The fraction of sp³-hybridized carbons (Fsp3) is 0.182. The first-order valence-electron chi connectivity index (χ1n) is 5.39. The summed E-state index contributed by atoms with van der Waals surface area (Å²) in [5, 5.41) is 10.0. The van der Waals surface area contributed by atoms with E-state index >= 15 is 0 Å². The van der Waals surface area contributed by atoms with Crippen LogP contribution >= 0.6 is 23.1 Å². The largest absolute Gasteiger partial charge is 0.399 e. The molecule has 0 aliphatic carbocycles. The highest BCUT2D eigenvalue weighted by Gasteiger charge is 2.08. The molecule has 0 atom stereocenters. The summed E-state index contributed by atoms with van der Waals surface area (Å²) in [5.41, 5.74) is 7.67. The molecule has 3 N–H and O–H groups in total. The molecule has 0 radical (unpaired) electrons. The lowest BCUT2D eigenvalue weighted by Gasteiger charge is -2.06. The van der Waals surface area contributed by atoms with Crippen molar-refractivity contribution in [3.8, 4) is 0 Å². The second kappa shape index (κ2) is 6.48. The van der Waals surface area contributed by atoms with Gasteiger partial charge in [-0.3, -0.25) is 4.79 Å². The van der Waals surface area contributed by atoms with Gasteiger partial charge in [-0.05, 0) is 18.2 Å². The molecule has 0 saturated carbocycles. The van der Waals surface area contributed by atoms with E-state index in [-0.39, 0.29) is 18.0 Å². The molecule has 100 valence electrons. The number of rotatable bonds is 5. The van der Waals surface area contributed by atoms with Crippen molar-refractivity contribution in [2.45, 2.75) is 10.8 Å². The average molecular weight is 298 g/mol. The molecule has 0 unspecified atom stereocenters. The van der Waals surface area contributed by atoms with E-state index in [0.717, 1.165) is 4.34 Å². The number of halogens is 1. The van der Waals surface area contributed by atoms with Crippen molar-refractivity contribution in [2.75, 3.05) is 16.8 Å². The van der Waals surface area contributed by atoms with Crippen LogP contribution in [0.3, 0.4) is 0 Å². The standard InChI is InChI=1S/C11H11FN4OS2/c12-8-2-1-7(13)5-9(8)15-10(17)3-4-18-11-16-14-6-19-11/h1-2,5-6H,3-4,13H2,(H,15,17). The topological polar surface area (TPSA) is 80.9 Å². The monoisotopic (exact) mass is 298 g/mol. The van der Waals surface area contributed by atoms with Gasteiger partial charge in [0.05, 0.1) is 5.69 Å². The Labute approximate surface area is 117 Å². The van der Waals surface area contributed by atoms with Crippen LogP contribution in [-0.4, -0.2) is 21.9 Å². The molecule has 0 bridgehead atoms. The molecule has 1 amide bonds. The number of carbonyl (C=O) groups excluding carboxylic acids is 1. The molecule has 0 aliphatic rings. The molecule has 1 aromatic heterocycles. The number of nitrogens with two attached hydrogens (primary N) is 1. The highest BCUT2D eigenvalue weighted by atomic mass is 32.2. The molecular weight excluding hydrogens is 287 g/mol. The third-order valence-corrected chi connectivity index (χ3v) is 4.02. The highest BCUT2D eigenvalue weighted by Crippen LogP contribution is 2.21. The molecule has 19 heavy (non-hydrogen) atoms. The molecule has 0 fully saturated rings. The molecular formula is C11H11FN4OS2. The molecule has 2 rings (SSSR count). The summed E-state index contributed by atoms with van der Waals surface area (Å²) in [4.78, 5) is 11.6. The lowest BCUT2D eigenvalue weighted by atomic mass is 10.2. The van der Waals surface area contributed by atoms with Crippen LogP contribution in [0.4, 0.5) is 15.8 Å². The van der Waals surface area contributed by atoms with Gasteiger partial charge < -0.3 is 11.1 Å². The van der Waals surface area contributed by atoms with Gasteiger partial charge in [0.15, 0.2) is 4.34 Å². The Bertz CT molecular complexity index is 562. The Morgan fingerprint density at radius 2 is 2.37 bits per heavy atom. The van der Waals surface area contributed by atoms with E-state index in [1.807, 2.05) is 0 Å². The number of aromatic nitrogens is 2. The fourth-order valence-corrected chi connectivity index (χ4v) is 2.81. The zero-order valence-electron chi connectivity index (χ0n) is 9.80. The van der Waals surface area contributed by atoms with Gasteiger partial charge in [-0.25, -0.2) is 4.39 Å². The van der Waals surface area contributed by atoms with Gasteiger partial charge in [-0.2, -0.15) is 0 Å². The minimum atomic E-state index is -0.501. The maximum absolute atomic E-state index is 13.4. The summed E-state index contributed by atoms with van der Waals surface area (Å²) in [5.74, 6) is -0.203. The van der Waals surface area contributed by atoms with Gasteiger partial charge in [-0.1, -0.05) is 23.1 Å². The number of benzene rings is 1. The number of anilines is 2. The zero-order chi connectivity index (χ0) is 13.7. The third kappa shape index (κ3) is 4.18. The minimum absolute atomic E-state index is 0.103. The summed E-state index contributed by atoms with van der Waals surface area (Å²) in [6, 6.07) is 4.06. The zero-order valence-corrected chi connectivity index (χ0v) is 11.4. The highest BCUT2D eigenvalue weighted by molar-refractivity contribution is 8.01. The quantitative estimate of drug-likeness (QED) is 0.654. The first kappa shape index (κ1) is 13.8. The smallest absolute Gasteiger partial charge is 0.225 e. The molecule has 1 aromatic carbocycles. The van der Waals surface area contributed by atoms with E-state index in [1.165, 1.54) is 41.3 Å². The van der Waals surface area contributed by atoms with E-state index in [1.54, 1.807) is 5.51 Å². The van der Waals surface area contributed by atoms with Crippen LogP contribution in [0.5, 0.6) is 0 Å². The van der Waals surface area contributed by atoms with E-state index in [0.29, 0.717) is 11.4 Å². The normalized spacial score (nSPS) is 10.4. The molecule has 0 spiro atoms. The lowest BCUT2D eigenvalue weighted by molar-refractivity contribution is -0.115. The molecule has 2 aromatic rings. The summed E-state index contributed by atoms with van der Waals surface area (Å²) in [6.45, 7) is 0. The number of hydrogen-bond acceptors (Lipinski definition) is 6. The van der Waals surface area contributed by atoms with E-state index in [9.17, 15) is 9.18 Å². The van der Waals surface area contributed by atoms with Crippen molar-refractivity contribution in [1.29, 1.82) is 0 Å². The van der Waals surface area contributed by atoms with E-state index in [4.69, 9.17) is 5.73 Å². The number of hydrogen-bond donors (Lipinski definition) is 2. The Morgan fingerprint density at radius 1 is 1.53 bits per heavy atom. The lowest BCUT2D eigenvalue weighted by Crippen LogP contribution is -2.13. The van der Waals surface area contributed by atoms with Crippen molar-refractivity contribution >= 4 is 40.4 Å². The predicted molar refractivity (Wildman–Crippen MR) is 74.7 cm³/mol. The van der Waals surface area contributed by atoms with Gasteiger partial charge in [0.2, 0.25) is 5.91 Å². The van der Waals surface area contributed by atoms with Gasteiger partial charge in [-0.15, -0.1) is 10.2 Å².